The maximum absolute atomic E-state index is 13.5. The van der Waals surface area contributed by atoms with Crippen LogP contribution in [0.5, 0.6) is 0 Å². The molecule has 0 atom stereocenters. The first-order valence-electron chi connectivity index (χ1n) is 11.0. The Hall–Kier alpha value is -3.59. The number of nitrogens with one attached hydrogen (secondary N) is 1. The Morgan fingerprint density at radius 2 is 1.71 bits per heavy atom. The molecule has 5 rings (SSSR count). The molecule has 0 saturated heterocycles. The highest BCUT2D eigenvalue weighted by Gasteiger charge is 2.46. The summed E-state index contributed by atoms with van der Waals surface area (Å²) >= 11 is 1.50. The minimum absolute atomic E-state index is 0.187. The topological polar surface area (TPSA) is 71.3 Å². The van der Waals surface area contributed by atoms with Crippen LogP contribution >= 0.6 is 11.3 Å². The standard InChI is InChI=1S/C26H21F3N2O3S/c1-15-21(23(32)30-25(11-12-25)18-8-4-17(5-9-18)24(33)34)22-20(35-15)10-13-31(22)14-16-2-6-19(7-3-16)26(27,28)29/h2-10,13H,11-12,14H2,1H3,(H,30,32)(H,33,34). The molecule has 0 aliphatic heterocycles. The van der Waals surface area contributed by atoms with Crippen molar-refractivity contribution in [1.29, 1.82) is 0 Å². The predicted molar refractivity (Wildman–Crippen MR) is 127 cm³/mol. The Morgan fingerprint density at radius 3 is 2.29 bits per heavy atom. The van der Waals surface area contributed by atoms with E-state index in [9.17, 15) is 22.8 Å². The maximum Gasteiger partial charge on any atom is 0.416 e. The second-order valence-electron chi connectivity index (χ2n) is 8.80. The fourth-order valence-corrected chi connectivity index (χ4v) is 5.47. The van der Waals surface area contributed by atoms with Crippen LogP contribution in [0.2, 0.25) is 0 Å². The molecule has 1 aliphatic rings. The molecule has 1 aliphatic carbocycles. The molecule has 9 heteroatoms. The Kier molecular flexibility index (Phi) is 5.47. The van der Waals surface area contributed by atoms with E-state index in [2.05, 4.69) is 5.32 Å². The summed E-state index contributed by atoms with van der Waals surface area (Å²) in [4.78, 5) is 25.5. The zero-order valence-electron chi connectivity index (χ0n) is 18.6. The number of carboxylic acids is 1. The van der Waals surface area contributed by atoms with Crippen LogP contribution in [0, 0.1) is 6.92 Å². The van der Waals surface area contributed by atoms with E-state index in [-0.39, 0.29) is 11.5 Å². The number of carbonyl (C=O) groups excluding carboxylic acids is 1. The number of rotatable bonds is 6. The number of benzene rings is 2. The number of hydrogen-bond acceptors (Lipinski definition) is 3. The van der Waals surface area contributed by atoms with Crippen molar-refractivity contribution >= 4 is 33.4 Å². The SMILES string of the molecule is Cc1sc2ccn(Cc3ccc(C(F)(F)F)cc3)c2c1C(=O)NC1(c2ccc(C(=O)O)cc2)CC1. The molecule has 5 nitrogen and oxygen atoms in total. The molecule has 0 unspecified atom stereocenters. The van der Waals surface area contributed by atoms with E-state index in [1.165, 1.54) is 35.6 Å². The number of hydrogen-bond donors (Lipinski definition) is 2. The highest BCUT2D eigenvalue weighted by Crippen LogP contribution is 2.46. The Balaban J connectivity index is 1.42. The molecule has 1 amide bonds. The quantitative estimate of drug-likeness (QED) is 0.333. The van der Waals surface area contributed by atoms with E-state index >= 15 is 0 Å². The molecule has 180 valence electrons. The van der Waals surface area contributed by atoms with E-state index in [0.717, 1.165) is 45.6 Å². The van der Waals surface area contributed by atoms with Crippen LogP contribution in [0.3, 0.4) is 0 Å². The van der Waals surface area contributed by atoms with E-state index in [1.54, 1.807) is 12.1 Å². The van der Waals surface area contributed by atoms with Crippen molar-refractivity contribution < 1.29 is 27.9 Å². The molecule has 0 spiro atoms. The van der Waals surface area contributed by atoms with Crippen LogP contribution in [-0.2, 0) is 18.3 Å². The molecular weight excluding hydrogens is 477 g/mol. The summed E-state index contributed by atoms with van der Waals surface area (Å²) in [6.07, 6.45) is -1.04. The Bertz CT molecular complexity index is 1430. The van der Waals surface area contributed by atoms with E-state index < -0.39 is 23.2 Å². The number of carboxylic acid groups (broad SMARTS) is 1. The summed E-state index contributed by atoms with van der Waals surface area (Å²) in [5.74, 6) is -1.23. The molecule has 2 aromatic carbocycles. The second kappa shape index (κ2) is 8.27. The predicted octanol–water partition coefficient (Wildman–Crippen LogP) is 6.20. The van der Waals surface area contributed by atoms with E-state index in [1.807, 2.05) is 23.8 Å². The molecule has 2 N–H and O–H groups in total. The second-order valence-corrected chi connectivity index (χ2v) is 10.1. The molecule has 1 fully saturated rings. The highest BCUT2D eigenvalue weighted by molar-refractivity contribution is 7.19. The van der Waals surface area contributed by atoms with Gasteiger partial charge in [0.25, 0.3) is 5.91 Å². The maximum atomic E-state index is 13.5. The van der Waals surface area contributed by atoms with Crippen LogP contribution in [0.15, 0.2) is 60.8 Å². The summed E-state index contributed by atoms with van der Waals surface area (Å²) in [6.45, 7) is 2.21. The summed E-state index contributed by atoms with van der Waals surface area (Å²) < 4.78 is 41.5. The molecule has 4 aromatic rings. The Labute approximate surface area is 202 Å². The third-order valence-electron chi connectivity index (χ3n) is 6.43. The number of alkyl halides is 3. The van der Waals surface area contributed by atoms with Gasteiger partial charge < -0.3 is 15.0 Å². The van der Waals surface area contributed by atoms with Gasteiger partial charge in [-0.15, -0.1) is 11.3 Å². The summed E-state index contributed by atoms with van der Waals surface area (Å²) in [5.41, 5.74) is 1.82. The number of carbonyl (C=O) groups is 2. The smallest absolute Gasteiger partial charge is 0.416 e. The first-order chi connectivity index (χ1) is 16.6. The van der Waals surface area contributed by atoms with Gasteiger partial charge in [0, 0.05) is 17.6 Å². The zero-order chi connectivity index (χ0) is 25.0. The number of aromatic nitrogens is 1. The van der Waals surface area contributed by atoms with Gasteiger partial charge in [0.15, 0.2) is 0 Å². The van der Waals surface area contributed by atoms with Crippen molar-refractivity contribution in [2.24, 2.45) is 0 Å². The number of thiophene rings is 1. The van der Waals surface area contributed by atoms with Crippen molar-refractivity contribution in [3.8, 4) is 0 Å². The third kappa shape index (κ3) is 4.32. The number of nitrogens with zero attached hydrogens (tertiary/aromatic N) is 1. The molecule has 2 heterocycles. The average molecular weight is 499 g/mol. The van der Waals surface area contributed by atoms with Crippen LogP contribution in [0.4, 0.5) is 13.2 Å². The van der Waals surface area contributed by atoms with Crippen LogP contribution in [-0.4, -0.2) is 21.6 Å². The van der Waals surface area contributed by atoms with Crippen LogP contribution in [0.1, 0.15) is 55.1 Å². The minimum atomic E-state index is -4.39. The summed E-state index contributed by atoms with van der Waals surface area (Å²) in [7, 11) is 0. The van der Waals surface area contributed by atoms with Crippen LogP contribution < -0.4 is 5.32 Å². The van der Waals surface area contributed by atoms with Gasteiger partial charge in [0.2, 0.25) is 0 Å². The number of aryl methyl sites for hydroxylation is 1. The van der Waals surface area contributed by atoms with Gasteiger partial charge in [-0.1, -0.05) is 24.3 Å². The molecule has 0 bridgehead atoms. The number of aromatic carboxylic acids is 1. The van der Waals surface area contributed by atoms with Gasteiger partial charge in [0.1, 0.15) is 0 Å². The van der Waals surface area contributed by atoms with Crippen LogP contribution in [0.25, 0.3) is 10.2 Å². The molecule has 2 aromatic heterocycles. The van der Waals surface area contributed by atoms with Gasteiger partial charge in [-0.2, -0.15) is 13.2 Å². The number of amides is 1. The molecule has 35 heavy (non-hydrogen) atoms. The highest BCUT2D eigenvalue weighted by atomic mass is 32.1. The van der Waals surface area contributed by atoms with Crippen molar-refractivity contribution in [3.63, 3.8) is 0 Å². The van der Waals surface area contributed by atoms with Gasteiger partial charge >= 0.3 is 12.1 Å². The third-order valence-corrected chi connectivity index (χ3v) is 7.49. The first kappa shape index (κ1) is 23.2. The lowest BCUT2D eigenvalue weighted by molar-refractivity contribution is -0.137. The van der Waals surface area contributed by atoms with E-state index in [0.29, 0.717) is 17.7 Å². The lowest BCUT2D eigenvalue weighted by Crippen LogP contribution is -2.35. The lowest BCUT2D eigenvalue weighted by atomic mass is 10.0. The van der Waals surface area contributed by atoms with Crippen molar-refractivity contribution in [2.75, 3.05) is 0 Å². The monoisotopic (exact) mass is 498 g/mol. The zero-order valence-corrected chi connectivity index (χ0v) is 19.5. The lowest BCUT2D eigenvalue weighted by Gasteiger charge is -2.19. The van der Waals surface area contributed by atoms with Crippen molar-refractivity contribution in [3.05, 3.63) is 93.5 Å². The molecule has 1 saturated carbocycles. The molecular formula is C26H21F3N2O3S. The first-order valence-corrected chi connectivity index (χ1v) is 11.8. The van der Waals surface area contributed by atoms with Crippen molar-refractivity contribution in [2.45, 2.75) is 38.0 Å². The Morgan fingerprint density at radius 1 is 1.06 bits per heavy atom. The van der Waals surface area contributed by atoms with Gasteiger partial charge in [-0.05, 0) is 61.2 Å². The number of halogens is 3. The van der Waals surface area contributed by atoms with Crippen molar-refractivity contribution in [1.82, 2.24) is 9.88 Å². The minimum Gasteiger partial charge on any atom is -0.478 e. The normalized spacial score (nSPS) is 14.7. The largest absolute Gasteiger partial charge is 0.478 e. The summed E-state index contributed by atoms with van der Waals surface area (Å²) in [5, 5.41) is 12.3. The number of fused-ring (bicyclic) bond motifs is 1. The van der Waals surface area contributed by atoms with E-state index in [4.69, 9.17) is 5.11 Å². The fraction of sp³-hybridized carbons (Fsp3) is 0.231. The van der Waals surface area contributed by atoms with Gasteiger partial charge in [0.05, 0.1) is 32.4 Å². The average Bonchev–Trinajstić information content (AvgIpc) is 3.38. The summed E-state index contributed by atoms with van der Waals surface area (Å²) in [6, 6.07) is 13.5. The van der Waals surface area contributed by atoms with Gasteiger partial charge in [-0.25, -0.2) is 4.79 Å². The van der Waals surface area contributed by atoms with Gasteiger partial charge in [-0.3, -0.25) is 4.79 Å². The fourth-order valence-electron chi connectivity index (χ4n) is 4.40. The molecule has 0 radical (unpaired) electrons.